The number of hydrogen-bond donors (Lipinski definition) is 1. The van der Waals surface area contributed by atoms with Crippen LogP contribution in [0.5, 0.6) is 0 Å². The molecule has 0 aromatic carbocycles. The molecule has 0 fully saturated rings. The van der Waals surface area contributed by atoms with Crippen LogP contribution in [0.2, 0.25) is 0 Å². The lowest BCUT2D eigenvalue weighted by Crippen LogP contribution is -2.38. The first kappa shape index (κ1) is 13.4. The minimum atomic E-state index is -0.783. The van der Waals surface area contributed by atoms with E-state index in [1.54, 1.807) is 14.2 Å². The van der Waals surface area contributed by atoms with Gasteiger partial charge in [-0.3, -0.25) is 4.79 Å². The molecular weight excluding hydrogens is 225 g/mol. The van der Waals surface area contributed by atoms with Gasteiger partial charge in [-0.05, 0) is 13.0 Å². The van der Waals surface area contributed by atoms with Crippen LogP contribution in [-0.4, -0.2) is 42.6 Å². The van der Waals surface area contributed by atoms with Crippen molar-refractivity contribution in [2.24, 2.45) is 0 Å². The predicted molar refractivity (Wildman–Crippen MR) is 62.0 cm³/mol. The summed E-state index contributed by atoms with van der Waals surface area (Å²) in [6.45, 7) is 2.19. The predicted octanol–water partition coefficient (Wildman–Crippen LogP) is 0.910. The molecule has 2 N–H and O–H groups in total. The van der Waals surface area contributed by atoms with E-state index >= 15 is 0 Å². The van der Waals surface area contributed by atoms with Gasteiger partial charge in [-0.1, -0.05) is 0 Å². The van der Waals surface area contributed by atoms with Crippen LogP contribution in [0.15, 0.2) is 12.3 Å². The zero-order valence-electron chi connectivity index (χ0n) is 10.1. The number of carbonyl (C=O) groups is 1. The number of nitrogens with zero attached hydrogens (tertiary/aromatic N) is 2. The van der Waals surface area contributed by atoms with Crippen molar-refractivity contribution in [3.63, 3.8) is 0 Å². The number of methoxy groups -OCH3 is 1. The first-order valence-electron chi connectivity index (χ1n) is 5.15. The van der Waals surface area contributed by atoms with Crippen LogP contribution in [0.25, 0.3) is 0 Å². The molecule has 1 aromatic rings. The lowest BCUT2D eigenvalue weighted by Gasteiger charge is -2.24. The minimum absolute atomic E-state index is 0.0806. The highest BCUT2D eigenvalue weighted by atomic mass is 19.1. The summed E-state index contributed by atoms with van der Waals surface area (Å²) in [7, 11) is 3.13. The molecule has 0 spiro atoms. The van der Waals surface area contributed by atoms with Crippen molar-refractivity contribution >= 4 is 11.7 Å². The van der Waals surface area contributed by atoms with E-state index in [2.05, 4.69) is 4.98 Å². The maximum absolute atomic E-state index is 13.6. The number of carbonyl (C=O) groups excluding carboxylic acids is 1. The van der Waals surface area contributed by atoms with Crippen LogP contribution in [0.4, 0.5) is 10.2 Å². The Morgan fingerprint density at radius 3 is 2.94 bits per heavy atom. The highest BCUT2D eigenvalue weighted by molar-refractivity contribution is 5.95. The van der Waals surface area contributed by atoms with E-state index in [9.17, 15) is 9.18 Å². The summed E-state index contributed by atoms with van der Waals surface area (Å²) in [5, 5.41) is 0. The molecule has 94 valence electrons. The number of hydrogen-bond acceptors (Lipinski definition) is 4. The van der Waals surface area contributed by atoms with Crippen molar-refractivity contribution < 1.29 is 13.9 Å². The number of amides is 1. The lowest BCUT2D eigenvalue weighted by molar-refractivity contribution is 0.0629. The van der Waals surface area contributed by atoms with Crippen LogP contribution in [-0.2, 0) is 4.74 Å². The van der Waals surface area contributed by atoms with Gasteiger partial charge in [0.25, 0.3) is 5.91 Å². The third-order valence-corrected chi connectivity index (χ3v) is 2.54. The fourth-order valence-corrected chi connectivity index (χ4v) is 1.37. The second-order valence-electron chi connectivity index (χ2n) is 3.78. The van der Waals surface area contributed by atoms with E-state index < -0.39 is 11.7 Å². The summed E-state index contributed by atoms with van der Waals surface area (Å²) in [6.07, 6.45) is 1.31. The number of rotatable bonds is 4. The zero-order valence-corrected chi connectivity index (χ0v) is 10.1. The number of ether oxygens (including phenoxy) is 1. The van der Waals surface area contributed by atoms with Crippen molar-refractivity contribution in [2.45, 2.75) is 13.0 Å². The molecule has 0 saturated carbocycles. The highest BCUT2D eigenvalue weighted by Gasteiger charge is 2.21. The van der Waals surface area contributed by atoms with Gasteiger partial charge in [0.05, 0.1) is 18.2 Å². The van der Waals surface area contributed by atoms with Crippen molar-refractivity contribution in [3.05, 3.63) is 23.6 Å². The normalized spacial score (nSPS) is 12.2. The van der Waals surface area contributed by atoms with Gasteiger partial charge in [-0.15, -0.1) is 0 Å². The van der Waals surface area contributed by atoms with Crippen LogP contribution in [0.1, 0.15) is 17.3 Å². The highest BCUT2D eigenvalue weighted by Crippen LogP contribution is 2.14. The smallest absolute Gasteiger partial charge is 0.257 e. The molecule has 1 heterocycles. The Morgan fingerprint density at radius 2 is 2.35 bits per heavy atom. The van der Waals surface area contributed by atoms with Crippen molar-refractivity contribution in [1.82, 2.24) is 9.88 Å². The van der Waals surface area contributed by atoms with Crippen molar-refractivity contribution in [1.29, 1.82) is 0 Å². The van der Waals surface area contributed by atoms with E-state index in [1.165, 1.54) is 17.2 Å². The van der Waals surface area contributed by atoms with Crippen molar-refractivity contribution in [3.8, 4) is 0 Å². The Labute approximate surface area is 99.4 Å². The molecule has 17 heavy (non-hydrogen) atoms. The largest absolute Gasteiger partial charge is 0.383 e. The summed E-state index contributed by atoms with van der Waals surface area (Å²) in [4.78, 5) is 17.0. The summed E-state index contributed by atoms with van der Waals surface area (Å²) in [6, 6.07) is 1.16. The second-order valence-corrected chi connectivity index (χ2v) is 3.78. The maximum Gasteiger partial charge on any atom is 0.257 e. The molecule has 0 aliphatic carbocycles. The molecule has 1 atom stereocenters. The number of nitrogen functional groups attached to an aromatic ring is 1. The van der Waals surface area contributed by atoms with Gasteiger partial charge in [0.15, 0.2) is 11.6 Å². The molecule has 0 radical (unpaired) electrons. The Morgan fingerprint density at radius 1 is 1.71 bits per heavy atom. The third kappa shape index (κ3) is 2.91. The molecule has 1 aromatic heterocycles. The van der Waals surface area contributed by atoms with Crippen LogP contribution in [0, 0.1) is 5.82 Å². The van der Waals surface area contributed by atoms with E-state index in [4.69, 9.17) is 10.5 Å². The van der Waals surface area contributed by atoms with Gasteiger partial charge in [0.2, 0.25) is 0 Å². The molecular formula is C11H16FN3O2. The zero-order chi connectivity index (χ0) is 13.0. The summed E-state index contributed by atoms with van der Waals surface area (Å²) >= 11 is 0. The summed E-state index contributed by atoms with van der Waals surface area (Å²) in [5.74, 6) is -1.50. The topological polar surface area (TPSA) is 68.5 Å². The van der Waals surface area contributed by atoms with Crippen LogP contribution < -0.4 is 5.73 Å². The Bertz CT molecular complexity index is 412. The maximum atomic E-state index is 13.6. The molecule has 1 amide bonds. The van der Waals surface area contributed by atoms with E-state index in [-0.39, 0.29) is 17.4 Å². The first-order chi connectivity index (χ1) is 7.99. The molecule has 0 saturated heterocycles. The molecule has 6 heteroatoms. The fraction of sp³-hybridized carbons (Fsp3) is 0.455. The number of pyridine rings is 1. The quantitative estimate of drug-likeness (QED) is 0.850. The number of aromatic nitrogens is 1. The average molecular weight is 241 g/mol. The average Bonchev–Trinajstić information content (AvgIpc) is 2.31. The van der Waals surface area contributed by atoms with Crippen LogP contribution in [0.3, 0.4) is 0 Å². The third-order valence-electron chi connectivity index (χ3n) is 2.54. The Balaban J connectivity index is 2.93. The SMILES string of the molecule is COCC(C)N(C)C(=O)c1ccnc(N)c1F. The molecule has 0 aliphatic heterocycles. The van der Waals surface area contributed by atoms with Crippen molar-refractivity contribution in [2.75, 3.05) is 26.5 Å². The van der Waals surface area contributed by atoms with E-state index in [0.717, 1.165) is 0 Å². The first-order valence-corrected chi connectivity index (χ1v) is 5.15. The van der Waals surface area contributed by atoms with Gasteiger partial charge in [0, 0.05) is 20.4 Å². The molecule has 1 unspecified atom stereocenters. The minimum Gasteiger partial charge on any atom is -0.383 e. The number of nitrogens with two attached hydrogens (primary N) is 1. The lowest BCUT2D eigenvalue weighted by atomic mass is 10.2. The van der Waals surface area contributed by atoms with Gasteiger partial charge in [-0.25, -0.2) is 9.37 Å². The summed E-state index contributed by atoms with van der Waals surface area (Å²) < 4.78 is 18.5. The number of anilines is 1. The number of likely N-dealkylation sites (N-methyl/N-ethyl adjacent to an activating group) is 1. The second kappa shape index (κ2) is 5.58. The molecule has 0 bridgehead atoms. The van der Waals surface area contributed by atoms with Crippen LogP contribution >= 0.6 is 0 Å². The molecule has 1 rings (SSSR count). The standard InChI is InChI=1S/C11H16FN3O2/c1-7(6-17-3)15(2)11(16)8-4-5-14-10(13)9(8)12/h4-5,7H,6H2,1-3H3,(H2,13,14). The Hall–Kier alpha value is -1.69. The monoisotopic (exact) mass is 241 g/mol. The fourth-order valence-electron chi connectivity index (χ4n) is 1.37. The van der Waals surface area contributed by atoms with Gasteiger partial charge < -0.3 is 15.4 Å². The van der Waals surface area contributed by atoms with Gasteiger partial charge in [-0.2, -0.15) is 0 Å². The van der Waals surface area contributed by atoms with Gasteiger partial charge >= 0.3 is 0 Å². The number of halogens is 1. The van der Waals surface area contributed by atoms with Gasteiger partial charge in [0.1, 0.15) is 0 Å². The Kier molecular flexibility index (Phi) is 4.39. The van der Waals surface area contributed by atoms with E-state index in [1.807, 2.05) is 6.92 Å². The van der Waals surface area contributed by atoms with E-state index in [0.29, 0.717) is 6.61 Å². The summed E-state index contributed by atoms with van der Waals surface area (Å²) in [5.41, 5.74) is 5.23. The molecule has 0 aliphatic rings. The molecule has 5 nitrogen and oxygen atoms in total.